The standard InChI is InChI=1S/C18H21ClN2O3S/c1-24-18-9-8-16(21-10-2-3-11-21)12-17(18)20-25(22,23)13-14-4-6-15(19)7-5-14/h4-9,12,20H,2-3,10-11,13H2,1H3. The smallest absolute Gasteiger partial charge is 0.237 e. The molecule has 1 saturated heterocycles. The molecule has 25 heavy (non-hydrogen) atoms. The molecule has 0 atom stereocenters. The van der Waals surface area contributed by atoms with Gasteiger partial charge in [0.25, 0.3) is 0 Å². The first kappa shape index (κ1) is 17.9. The molecule has 5 nitrogen and oxygen atoms in total. The van der Waals surface area contributed by atoms with Crippen LogP contribution in [0.2, 0.25) is 5.02 Å². The van der Waals surface area contributed by atoms with Crippen LogP contribution < -0.4 is 14.4 Å². The van der Waals surface area contributed by atoms with E-state index in [9.17, 15) is 8.42 Å². The second kappa shape index (κ2) is 7.54. The lowest BCUT2D eigenvalue weighted by Gasteiger charge is -2.20. The third-order valence-corrected chi connectivity index (χ3v) is 5.69. The van der Waals surface area contributed by atoms with Crippen LogP contribution >= 0.6 is 11.6 Å². The Hall–Kier alpha value is -1.92. The predicted molar refractivity (Wildman–Crippen MR) is 102 cm³/mol. The van der Waals surface area contributed by atoms with Crippen LogP contribution in [-0.2, 0) is 15.8 Å². The van der Waals surface area contributed by atoms with Gasteiger partial charge in [-0.25, -0.2) is 8.42 Å². The number of anilines is 2. The maximum absolute atomic E-state index is 12.5. The van der Waals surface area contributed by atoms with Crippen molar-refractivity contribution >= 4 is 33.0 Å². The molecule has 0 saturated carbocycles. The van der Waals surface area contributed by atoms with Crippen molar-refractivity contribution in [3.8, 4) is 5.75 Å². The number of ether oxygens (including phenoxy) is 1. The molecular formula is C18H21ClN2O3S. The van der Waals surface area contributed by atoms with Crippen molar-refractivity contribution in [3.05, 3.63) is 53.1 Å². The van der Waals surface area contributed by atoms with Gasteiger partial charge in [0.1, 0.15) is 5.75 Å². The molecule has 0 aromatic heterocycles. The van der Waals surface area contributed by atoms with E-state index in [1.165, 1.54) is 7.11 Å². The van der Waals surface area contributed by atoms with E-state index in [0.29, 0.717) is 22.0 Å². The third-order valence-electron chi connectivity index (χ3n) is 4.19. The van der Waals surface area contributed by atoms with Crippen molar-refractivity contribution in [1.82, 2.24) is 0 Å². The number of nitrogens with one attached hydrogen (secondary N) is 1. The molecule has 0 radical (unpaired) electrons. The monoisotopic (exact) mass is 380 g/mol. The molecule has 1 N–H and O–H groups in total. The van der Waals surface area contributed by atoms with E-state index < -0.39 is 10.0 Å². The Kier molecular flexibility index (Phi) is 5.39. The van der Waals surface area contributed by atoms with E-state index in [-0.39, 0.29) is 5.75 Å². The highest BCUT2D eigenvalue weighted by Gasteiger charge is 2.18. The lowest BCUT2D eigenvalue weighted by Crippen LogP contribution is -2.19. The fourth-order valence-electron chi connectivity index (χ4n) is 2.95. The average Bonchev–Trinajstić information content (AvgIpc) is 3.11. The minimum absolute atomic E-state index is 0.124. The molecule has 2 aromatic carbocycles. The molecule has 7 heteroatoms. The highest BCUT2D eigenvalue weighted by Crippen LogP contribution is 2.32. The summed E-state index contributed by atoms with van der Waals surface area (Å²) in [6.07, 6.45) is 2.31. The Morgan fingerprint density at radius 1 is 1.12 bits per heavy atom. The molecule has 0 amide bonds. The van der Waals surface area contributed by atoms with Gasteiger partial charge in [-0.05, 0) is 48.7 Å². The minimum atomic E-state index is -3.57. The zero-order valence-corrected chi connectivity index (χ0v) is 15.6. The molecule has 1 fully saturated rings. The van der Waals surface area contributed by atoms with Gasteiger partial charge in [-0.2, -0.15) is 0 Å². The molecule has 1 heterocycles. The molecule has 3 rings (SSSR count). The van der Waals surface area contributed by atoms with Crippen LogP contribution in [-0.4, -0.2) is 28.6 Å². The summed E-state index contributed by atoms with van der Waals surface area (Å²) < 4.78 is 33.0. The zero-order chi connectivity index (χ0) is 17.9. The van der Waals surface area contributed by atoms with E-state index in [1.54, 1.807) is 30.3 Å². The van der Waals surface area contributed by atoms with E-state index in [4.69, 9.17) is 16.3 Å². The first-order valence-corrected chi connectivity index (χ1v) is 10.2. The summed E-state index contributed by atoms with van der Waals surface area (Å²) in [5.74, 6) is 0.379. The largest absolute Gasteiger partial charge is 0.495 e. The van der Waals surface area contributed by atoms with Crippen molar-refractivity contribution in [2.24, 2.45) is 0 Å². The van der Waals surface area contributed by atoms with Crippen LogP contribution in [0.4, 0.5) is 11.4 Å². The summed E-state index contributed by atoms with van der Waals surface area (Å²) in [5, 5.41) is 0.578. The molecule has 2 aromatic rings. The first-order chi connectivity index (χ1) is 12.0. The first-order valence-electron chi connectivity index (χ1n) is 8.15. The number of methoxy groups -OCH3 is 1. The molecule has 1 aliphatic rings. The Morgan fingerprint density at radius 2 is 1.80 bits per heavy atom. The van der Waals surface area contributed by atoms with Gasteiger partial charge in [-0.3, -0.25) is 4.72 Å². The number of nitrogens with zero attached hydrogens (tertiary/aromatic N) is 1. The van der Waals surface area contributed by atoms with Crippen molar-refractivity contribution in [1.29, 1.82) is 0 Å². The fourth-order valence-corrected chi connectivity index (χ4v) is 4.28. The van der Waals surface area contributed by atoms with Crippen LogP contribution in [0, 0.1) is 0 Å². The predicted octanol–water partition coefficient (Wildman–Crippen LogP) is 3.89. The summed E-state index contributed by atoms with van der Waals surface area (Å²) >= 11 is 5.85. The number of benzene rings is 2. The Balaban J connectivity index is 1.81. The van der Waals surface area contributed by atoms with Crippen molar-refractivity contribution in [2.75, 3.05) is 29.8 Å². The number of sulfonamides is 1. The molecule has 1 aliphatic heterocycles. The zero-order valence-electron chi connectivity index (χ0n) is 14.0. The number of rotatable bonds is 6. The highest BCUT2D eigenvalue weighted by atomic mass is 35.5. The van der Waals surface area contributed by atoms with Crippen molar-refractivity contribution < 1.29 is 13.2 Å². The molecule has 0 aliphatic carbocycles. The van der Waals surface area contributed by atoms with Gasteiger partial charge >= 0.3 is 0 Å². The normalized spacial score (nSPS) is 14.6. The van der Waals surface area contributed by atoms with Crippen molar-refractivity contribution in [2.45, 2.75) is 18.6 Å². The van der Waals surface area contributed by atoms with E-state index in [2.05, 4.69) is 9.62 Å². The minimum Gasteiger partial charge on any atom is -0.495 e. The van der Waals surface area contributed by atoms with Gasteiger partial charge in [0, 0.05) is 23.8 Å². The topological polar surface area (TPSA) is 58.6 Å². The molecular weight excluding hydrogens is 360 g/mol. The fraction of sp³-hybridized carbons (Fsp3) is 0.333. The van der Waals surface area contributed by atoms with Gasteiger partial charge in [-0.1, -0.05) is 23.7 Å². The molecule has 0 bridgehead atoms. The second-order valence-electron chi connectivity index (χ2n) is 6.07. The number of halogens is 1. The van der Waals surface area contributed by atoms with Gasteiger partial charge in [0.05, 0.1) is 18.6 Å². The summed E-state index contributed by atoms with van der Waals surface area (Å²) in [4.78, 5) is 2.25. The van der Waals surface area contributed by atoms with Crippen molar-refractivity contribution in [3.63, 3.8) is 0 Å². The highest BCUT2D eigenvalue weighted by molar-refractivity contribution is 7.91. The van der Waals surface area contributed by atoms with Gasteiger partial charge < -0.3 is 9.64 Å². The van der Waals surface area contributed by atoms with Crippen LogP contribution in [0.3, 0.4) is 0 Å². The van der Waals surface area contributed by atoms with E-state index in [0.717, 1.165) is 31.6 Å². The van der Waals surface area contributed by atoms with Crippen LogP contribution in [0.25, 0.3) is 0 Å². The second-order valence-corrected chi connectivity index (χ2v) is 8.23. The van der Waals surface area contributed by atoms with Crippen LogP contribution in [0.1, 0.15) is 18.4 Å². The maximum Gasteiger partial charge on any atom is 0.237 e. The lowest BCUT2D eigenvalue weighted by atomic mass is 10.2. The molecule has 0 unspecified atom stereocenters. The van der Waals surface area contributed by atoms with Gasteiger partial charge in [0.2, 0.25) is 10.0 Å². The van der Waals surface area contributed by atoms with Gasteiger partial charge in [-0.15, -0.1) is 0 Å². The quantitative estimate of drug-likeness (QED) is 0.825. The summed E-state index contributed by atoms with van der Waals surface area (Å²) in [6.45, 7) is 1.98. The summed E-state index contributed by atoms with van der Waals surface area (Å²) in [6, 6.07) is 12.4. The van der Waals surface area contributed by atoms with E-state index >= 15 is 0 Å². The lowest BCUT2D eigenvalue weighted by molar-refractivity contribution is 0.417. The number of hydrogen-bond acceptors (Lipinski definition) is 4. The Bertz CT molecular complexity index is 832. The summed E-state index contributed by atoms with van der Waals surface area (Å²) in [7, 11) is -2.04. The molecule has 0 spiro atoms. The van der Waals surface area contributed by atoms with E-state index in [1.807, 2.05) is 12.1 Å². The SMILES string of the molecule is COc1ccc(N2CCCC2)cc1NS(=O)(=O)Cc1ccc(Cl)cc1. The average molecular weight is 381 g/mol. The summed E-state index contributed by atoms with van der Waals surface area (Å²) in [5.41, 5.74) is 2.13. The maximum atomic E-state index is 12.5. The Labute approximate surface area is 153 Å². The van der Waals surface area contributed by atoms with Gasteiger partial charge in [0.15, 0.2) is 0 Å². The molecule has 134 valence electrons. The number of hydrogen-bond donors (Lipinski definition) is 1. The Morgan fingerprint density at radius 3 is 2.44 bits per heavy atom. The van der Waals surface area contributed by atoms with Crippen LogP contribution in [0.5, 0.6) is 5.75 Å². The third kappa shape index (κ3) is 4.58. The van der Waals surface area contributed by atoms with Crippen LogP contribution in [0.15, 0.2) is 42.5 Å².